The number of nitrogens with zero attached hydrogens (tertiary/aromatic N) is 1. The second-order valence-electron chi connectivity index (χ2n) is 17.9. The summed E-state index contributed by atoms with van der Waals surface area (Å²) in [5, 5.41) is 3.58. The minimum absolute atomic E-state index is 0.0947. The van der Waals surface area contributed by atoms with Crippen molar-refractivity contribution >= 4 is 11.7 Å². The number of nitrogens with one attached hydrogen (secondary N) is 1. The molecule has 0 spiro atoms. The van der Waals surface area contributed by atoms with Gasteiger partial charge in [0.25, 0.3) is 0 Å². The molecule has 1 aliphatic heterocycles. The molecule has 0 radical (unpaired) electrons. The second-order valence-corrected chi connectivity index (χ2v) is 17.9. The summed E-state index contributed by atoms with van der Waals surface area (Å²) in [5.41, 5.74) is 3.87. The zero-order chi connectivity index (χ0) is 30.3. The number of likely N-dealkylation sites (tertiary alicyclic amines) is 1. The molecule has 8 atom stereocenters. The summed E-state index contributed by atoms with van der Waals surface area (Å²) in [6, 6.07) is 0.277. The third-order valence-electron chi connectivity index (χ3n) is 15.3. The number of rotatable bonds is 5. The molecule has 4 heteroatoms. The zero-order valence-corrected chi connectivity index (χ0v) is 28.5. The summed E-state index contributed by atoms with van der Waals surface area (Å²) in [6.07, 6.45) is 15.2. The first-order valence-corrected chi connectivity index (χ1v) is 18.0. The molecule has 1 heterocycles. The molecule has 1 unspecified atom stereocenters. The Labute approximate surface area is 257 Å². The van der Waals surface area contributed by atoms with Gasteiger partial charge < -0.3 is 10.2 Å². The van der Waals surface area contributed by atoms with Gasteiger partial charge in [0, 0.05) is 25.4 Å². The average Bonchev–Trinajstić information content (AvgIpc) is 3.20. The molecular weight excluding hydrogens is 516 g/mol. The summed E-state index contributed by atoms with van der Waals surface area (Å²) in [4.78, 5) is 29.1. The van der Waals surface area contributed by atoms with Crippen molar-refractivity contribution in [1.29, 1.82) is 0 Å². The van der Waals surface area contributed by atoms with Gasteiger partial charge in [0.15, 0.2) is 5.78 Å². The number of carbonyl (C=O) groups is 2. The number of ketones is 1. The molecule has 42 heavy (non-hydrogen) atoms. The van der Waals surface area contributed by atoms with Crippen LogP contribution >= 0.6 is 0 Å². The fourth-order valence-electron chi connectivity index (χ4n) is 12.9. The van der Waals surface area contributed by atoms with Gasteiger partial charge >= 0.3 is 0 Å². The first-order valence-electron chi connectivity index (χ1n) is 18.0. The summed E-state index contributed by atoms with van der Waals surface area (Å²) in [7, 11) is 0. The topological polar surface area (TPSA) is 49.4 Å². The monoisotopic (exact) mass is 578 g/mol. The van der Waals surface area contributed by atoms with E-state index in [1.807, 2.05) is 0 Å². The molecule has 5 aliphatic carbocycles. The number of hydrogen-bond acceptors (Lipinski definition) is 3. The van der Waals surface area contributed by atoms with Gasteiger partial charge in [-0.15, -0.1) is 0 Å². The van der Waals surface area contributed by atoms with Crippen molar-refractivity contribution in [2.24, 2.45) is 50.7 Å². The first kappa shape index (κ1) is 30.8. The average molecular weight is 579 g/mol. The quantitative estimate of drug-likeness (QED) is 0.357. The van der Waals surface area contributed by atoms with Gasteiger partial charge in [0.1, 0.15) is 0 Å². The number of amides is 1. The van der Waals surface area contributed by atoms with Crippen molar-refractivity contribution in [1.82, 2.24) is 10.2 Å². The van der Waals surface area contributed by atoms with Crippen LogP contribution in [0.5, 0.6) is 0 Å². The van der Waals surface area contributed by atoms with E-state index in [4.69, 9.17) is 0 Å². The van der Waals surface area contributed by atoms with Crippen molar-refractivity contribution in [3.05, 3.63) is 11.1 Å². The van der Waals surface area contributed by atoms with Crippen LogP contribution in [-0.4, -0.2) is 42.3 Å². The lowest BCUT2D eigenvalue weighted by Gasteiger charge is -2.72. The highest BCUT2D eigenvalue weighted by Crippen LogP contribution is 2.76. The van der Waals surface area contributed by atoms with Crippen LogP contribution in [0.25, 0.3) is 0 Å². The van der Waals surface area contributed by atoms with Crippen LogP contribution in [0, 0.1) is 50.7 Å². The fraction of sp³-hybridized carbons (Fsp3) is 0.895. The van der Waals surface area contributed by atoms with Crippen molar-refractivity contribution in [3.8, 4) is 0 Å². The van der Waals surface area contributed by atoms with Crippen molar-refractivity contribution in [3.63, 3.8) is 0 Å². The van der Waals surface area contributed by atoms with Crippen LogP contribution in [0.3, 0.4) is 0 Å². The fourth-order valence-corrected chi connectivity index (χ4v) is 12.9. The largest absolute Gasteiger partial charge is 0.353 e. The van der Waals surface area contributed by atoms with Gasteiger partial charge in [-0.1, -0.05) is 67.4 Å². The highest BCUT2D eigenvalue weighted by Gasteiger charge is 2.69. The Balaban J connectivity index is 1.22. The molecule has 1 amide bonds. The Morgan fingerprint density at radius 2 is 1.57 bits per heavy atom. The molecule has 0 aromatic rings. The number of fused-ring (bicyclic) bond motifs is 7. The van der Waals surface area contributed by atoms with Gasteiger partial charge in [-0.3, -0.25) is 9.59 Å². The molecule has 0 bridgehead atoms. The minimum Gasteiger partial charge on any atom is -0.353 e. The Hall–Kier alpha value is -1.16. The van der Waals surface area contributed by atoms with Crippen LogP contribution in [0.4, 0.5) is 0 Å². The Bertz CT molecular complexity index is 1130. The number of Topliss-reactive ketones (excluding diaryl/α,β-unsaturated/α-hetero) is 1. The lowest BCUT2D eigenvalue weighted by atomic mass is 9.33. The third-order valence-corrected chi connectivity index (χ3v) is 15.3. The Morgan fingerprint density at radius 3 is 2.26 bits per heavy atom. The van der Waals surface area contributed by atoms with Crippen LogP contribution in [0.1, 0.15) is 139 Å². The molecule has 1 N–H and O–H groups in total. The maximum absolute atomic E-state index is 13.4. The Morgan fingerprint density at radius 1 is 0.857 bits per heavy atom. The van der Waals surface area contributed by atoms with E-state index >= 15 is 0 Å². The number of hydrogen-bond donors (Lipinski definition) is 1. The summed E-state index contributed by atoms with van der Waals surface area (Å²) in [6.45, 7) is 23.1. The molecule has 0 aromatic carbocycles. The van der Waals surface area contributed by atoms with E-state index in [2.05, 4.69) is 65.6 Å². The summed E-state index contributed by atoms with van der Waals surface area (Å²) >= 11 is 0. The highest BCUT2D eigenvalue weighted by molar-refractivity contribution is 6.00. The van der Waals surface area contributed by atoms with Gasteiger partial charge in [0.05, 0.1) is 0 Å². The predicted octanol–water partition coefficient (Wildman–Crippen LogP) is 8.35. The summed E-state index contributed by atoms with van der Waals surface area (Å²) < 4.78 is 0. The number of carbonyl (C=O) groups excluding carboxylic acids is 2. The maximum Gasteiger partial charge on any atom is 0.221 e. The smallest absolute Gasteiger partial charge is 0.221 e. The van der Waals surface area contributed by atoms with E-state index < -0.39 is 0 Å². The molecule has 4 nitrogen and oxygen atoms in total. The van der Waals surface area contributed by atoms with Crippen molar-refractivity contribution in [2.75, 3.05) is 19.6 Å². The zero-order valence-electron chi connectivity index (χ0n) is 28.5. The van der Waals surface area contributed by atoms with E-state index in [0.29, 0.717) is 46.7 Å². The van der Waals surface area contributed by atoms with E-state index in [1.54, 1.807) is 5.57 Å². The van der Waals surface area contributed by atoms with E-state index in [1.165, 1.54) is 69.8 Å². The summed E-state index contributed by atoms with van der Waals surface area (Å²) in [5.74, 6) is 2.96. The molecule has 0 aromatic heterocycles. The van der Waals surface area contributed by atoms with Gasteiger partial charge in [-0.05, 0) is 134 Å². The van der Waals surface area contributed by atoms with Gasteiger partial charge in [-0.2, -0.15) is 0 Å². The van der Waals surface area contributed by atoms with Crippen LogP contribution in [0.15, 0.2) is 11.1 Å². The standard InChI is InChI=1S/C38H62N2O2/c1-25(2)32-27(41)24-35(5)19-20-37(7)26(33(32)35)12-13-29-36(6)17-15-30(34(3,4)28(36)14-18-38(29,37)8)39-31(42)16-23-40-21-10-9-11-22-40/h25-26,28-30H,9-24H2,1-8H3,(H,39,42)/t26-,28+,29-,30?,35+,36+,37-,38-/m1/s1. The van der Waals surface area contributed by atoms with Crippen LogP contribution in [0.2, 0.25) is 0 Å². The van der Waals surface area contributed by atoms with Crippen molar-refractivity contribution < 1.29 is 9.59 Å². The first-order chi connectivity index (χ1) is 19.7. The maximum atomic E-state index is 13.4. The Kier molecular flexibility index (Phi) is 7.67. The van der Waals surface area contributed by atoms with Gasteiger partial charge in [-0.25, -0.2) is 0 Å². The molecule has 5 fully saturated rings. The molecule has 4 saturated carbocycles. The molecule has 236 valence electrons. The van der Waals surface area contributed by atoms with E-state index in [-0.39, 0.29) is 28.2 Å². The number of allylic oxidation sites excluding steroid dienone is 2. The number of piperidine rings is 1. The third kappa shape index (κ3) is 4.45. The minimum atomic E-state index is 0.0947. The van der Waals surface area contributed by atoms with E-state index in [0.717, 1.165) is 32.5 Å². The molecule has 6 aliphatic rings. The molecule has 1 saturated heterocycles. The second kappa shape index (κ2) is 10.4. The van der Waals surface area contributed by atoms with Crippen molar-refractivity contribution in [2.45, 2.75) is 145 Å². The normalized spacial score (nSPS) is 45.2. The van der Waals surface area contributed by atoms with E-state index in [9.17, 15) is 9.59 Å². The predicted molar refractivity (Wildman–Crippen MR) is 172 cm³/mol. The lowest BCUT2D eigenvalue weighted by Crippen LogP contribution is -2.66. The SMILES string of the molecule is CC(C)C1=C2[C@H]3CC[C@@H]4[C@@]5(C)CCC(NC(=O)CCN6CCCCC6)C(C)(C)[C@@H]5CC[C@@]4(C)[C@]3(C)CC[C@@]2(C)CC1=O. The highest BCUT2D eigenvalue weighted by atomic mass is 16.1. The molecular formula is C38H62N2O2. The lowest BCUT2D eigenvalue weighted by molar-refractivity contribution is -0.216. The molecule has 6 rings (SSSR count). The van der Waals surface area contributed by atoms with Crippen LogP contribution in [-0.2, 0) is 9.59 Å². The van der Waals surface area contributed by atoms with Crippen LogP contribution < -0.4 is 5.32 Å². The van der Waals surface area contributed by atoms with Gasteiger partial charge in [0.2, 0.25) is 5.91 Å².